The summed E-state index contributed by atoms with van der Waals surface area (Å²) in [6.45, 7) is 6.41. The molecule has 26 heavy (non-hydrogen) atoms. The highest BCUT2D eigenvalue weighted by molar-refractivity contribution is 7.11. The highest BCUT2D eigenvalue weighted by Crippen LogP contribution is 2.27. The number of ether oxygens (including phenoxy) is 2. The summed E-state index contributed by atoms with van der Waals surface area (Å²) in [6.07, 6.45) is 2.78. The predicted octanol–water partition coefficient (Wildman–Crippen LogP) is 3.11. The fourth-order valence-corrected chi connectivity index (χ4v) is 3.24. The molecule has 0 aliphatic carbocycles. The van der Waals surface area contributed by atoms with Crippen LogP contribution in [-0.4, -0.2) is 50.2 Å². The maximum absolute atomic E-state index is 5.38. The number of aryl methyl sites for hydroxylation is 1. The summed E-state index contributed by atoms with van der Waals surface area (Å²) >= 11 is 1.69. The van der Waals surface area contributed by atoms with Crippen LogP contribution in [0.4, 0.5) is 0 Å². The van der Waals surface area contributed by atoms with E-state index in [-0.39, 0.29) is 0 Å². The van der Waals surface area contributed by atoms with Gasteiger partial charge in [-0.25, -0.2) is 9.98 Å². The maximum Gasteiger partial charge on any atom is 0.194 e. The molecule has 142 valence electrons. The highest BCUT2D eigenvalue weighted by atomic mass is 32.1. The van der Waals surface area contributed by atoms with Crippen LogP contribution >= 0.6 is 11.3 Å². The molecule has 0 bridgehead atoms. The van der Waals surface area contributed by atoms with Gasteiger partial charge in [-0.15, -0.1) is 11.3 Å². The van der Waals surface area contributed by atoms with E-state index < -0.39 is 0 Å². The first-order valence-electron chi connectivity index (χ1n) is 8.69. The molecule has 0 saturated heterocycles. The molecule has 0 unspecified atom stereocenters. The van der Waals surface area contributed by atoms with E-state index in [1.807, 2.05) is 18.3 Å². The lowest BCUT2D eigenvalue weighted by Gasteiger charge is -2.22. The third kappa shape index (κ3) is 5.62. The van der Waals surface area contributed by atoms with Gasteiger partial charge in [0, 0.05) is 31.2 Å². The van der Waals surface area contributed by atoms with Crippen LogP contribution in [0, 0.1) is 6.92 Å². The lowest BCUT2D eigenvalue weighted by Crippen LogP contribution is -2.39. The van der Waals surface area contributed by atoms with Crippen molar-refractivity contribution in [1.82, 2.24) is 15.2 Å². The van der Waals surface area contributed by atoms with Crippen molar-refractivity contribution in [3.8, 4) is 11.5 Å². The number of methoxy groups -OCH3 is 2. The molecule has 0 saturated carbocycles. The van der Waals surface area contributed by atoms with E-state index in [1.165, 1.54) is 10.4 Å². The summed E-state index contributed by atoms with van der Waals surface area (Å²) in [6, 6.07) is 6.03. The molecule has 0 aliphatic heterocycles. The minimum absolute atomic E-state index is 0.599. The van der Waals surface area contributed by atoms with Crippen molar-refractivity contribution >= 4 is 17.3 Å². The van der Waals surface area contributed by atoms with Crippen LogP contribution < -0.4 is 14.8 Å². The molecule has 6 nitrogen and oxygen atoms in total. The minimum atomic E-state index is 0.599. The molecule has 7 heteroatoms. The molecule has 0 aliphatic rings. The van der Waals surface area contributed by atoms with Crippen LogP contribution in [0.15, 0.2) is 29.4 Å². The first kappa shape index (κ1) is 20.0. The zero-order valence-electron chi connectivity index (χ0n) is 16.2. The van der Waals surface area contributed by atoms with Crippen LogP contribution in [0.5, 0.6) is 11.5 Å². The number of likely N-dealkylation sites (N-methyl/N-ethyl adjacent to an activating group) is 1. The van der Waals surface area contributed by atoms with Crippen molar-refractivity contribution in [2.75, 3.05) is 34.4 Å². The van der Waals surface area contributed by atoms with Crippen molar-refractivity contribution in [1.29, 1.82) is 0 Å². The molecular weight excluding hydrogens is 348 g/mol. The molecule has 0 radical (unpaired) electrons. The SMILES string of the molecule is CCNC(=NCc1ncc(C)s1)N(C)CCc1ccc(OC)c(OC)c1. The Morgan fingerprint density at radius 3 is 2.65 bits per heavy atom. The van der Waals surface area contributed by atoms with E-state index in [2.05, 4.69) is 42.2 Å². The van der Waals surface area contributed by atoms with E-state index in [0.717, 1.165) is 42.0 Å². The number of benzene rings is 1. The van der Waals surface area contributed by atoms with E-state index in [4.69, 9.17) is 14.5 Å². The quantitative estimate of drug-likeness (QED) is 0.567. The summed E-state index contributed by atoms with van der Waals surface area (Å²) in [5.74, 6) is 2.39. The average Bonchev–Trinajstić information content (AvgIpc) is 3.08. The number of nitrogens with zero attached hydrogens (tertiary/aromatic N) is 3. The first-order chi connectivity index (χ1) is 12.6. The van der Waals surface area contributed by atoms with Gasteiger partial charge < -0.3 is 19.7 Å². The summed E-state index contributed by atoms with van der Waals surface area (Å²) in [7, 11) is 5.35. The number of thiazole rings is 1. The van der Waals surface area contributed by atoms with Crippen LogP contribution in [-0.2, 0) is 13.0 Å². The number of rotatable bonds is 8. The van der Waals surface area contributed by atoms with Crippen molar-refractivity contribution in [2.24, 2.45) is 4.99 Å². The second-order valence-electron chi connectivity index (χ2n) is 5.90. The molecule has 2 rings (SSSR count). The Hall–Kier alpha value is -2.28. The van der Waals surface area contributed by atoms with Crippen LogP contribution in [0.25, 0.3) is 0 Å². The van der Waals surface area contributed by atoms with Crippen molar-refractivity contribution in [3.05, 3.63) is 39.8 Å². The summed E-state index contributed by atoms with van der Waals surface area (Å²) in [4.78, 5) is 12.4. The Morgan fingerprint density at radius 2 is 2.04 bits per heavy atom. The summed E-state index contributed by atoms with van der Waals surface area (Å²) in [5.41, 5.74) is 1.20. The van der Waals surface area contributed by atoms with E-state index >= 15 is 0 Å². The zero-order valence-corrected chi connectivity index (χ0v) is 17.0. The average molecular weight is 377 g/mol. The predicted molar refractivity (Wildman–Crippen MR) is 108 cm³/mol. The highest BCUT2D eigenvalue weighted by Gasteiger charge is 2.09. The fraction of sp³-hybridized carbons (Fsp3) is 0.474. The third-order valence-electron chi connectivity index (χ3n) is 3.91. The van der Waals surface area contributed by atoms with Crippen molar-refractivity contribution in [2.45, 2.75) is 26.8 Å². The van der Waals surface area contributed by atoms with Gasteiger partial charge in [0.05, 0.1) is 20.8 Å². The fourth-order valence-electron chi connectivity index (χ4n) is 2.53. The molecular formula is C19H28N4O2S. The smallest absolute Gasteiger partial charge is 0.194 e. The van der Waals surface area contributed by atoms with E-state index in [0.29, 0.717) is 6.54 Å². The molecule has 1 aromatic carbocycles. The normalized spacial score (nSPS) is 11.3. The van der Waals surface area contributed by atoms with Crippen molar-refractivity contribution in [3.63, 3.8) is 0 Å². The molecule has 0 spiro atoms. The van der Waals surface area contributed by atoms with Gasteiger partial charge in [-0.05, 0) is 38.0 Å². The van der Waals surface area contributed by atoms with Gasteiger partial charge in [-0.2, -0.15) is 0 Å². The molecule has 1 aromatic heterocycles. The zero-order chi connectivity index (χ0) is 18.9. The second kappa shape index (κ2) is 10.0. The lowest BCUT2D eigenvalue weighted by atomic mass is 10.1. The maximum atomic E-state index is 5.38. The molecule has 0 amide bonds. The number of aromatic nitrogens is 1. The summed E-state index contributed by atoms with van der Waals surface area (Å²) < 4.78 is 10.7. The summed E-state index contributed by atoms with van der Waals surface area (Å²) in [5, 5.41) is 4.38. The second-order valence-corrected chi connectivity index (χ2v) is 7.22. The van der Waals surface area contributed by atoms with Gasteiger partial charge in [0.25, 0.3) is 0 Å². The largest absolute Gasteiger partial charge is 0.493 e. The monoisotopic (exact) mass is 376 g/mol. The lowest BCUT2D eigenvalue weighted by molar-refractivity contribution is 0.354. The van der Waals surface area contributed by atoms with E-state index in [1.54, 1.807) is 25.6 Å². The third-order valence-corrected chi connectivity index (χ3v) is 4.81. The van der Waals surface area contributed by atoms with Gasteiger partial charge in [-0.3, -0.25) is 0 Å². The topological polar surface area (TPSA) is 59.0 Å². The standard InChI is InChI=1S/C19H28N4O2S/c1-6-20-19(22-13-18-21-12-14(2)26-18)23(3)10-9-15-7-8-16(24-4)17(11-15)25-5/h7-8,11-12H,6,9-10,13H2,1-5H3,(H,20,22). The Kier molecular flexibility index (Phi) is 7.72. The van der Waals surface area contributed by atoms with Crippen molar-refractivity contribution < 1.29 is 9.47 Å². The molecule has 2 aromatic rings. The number of aliphatic imine (C=N–C) groups is 1. The van der Waals surface area contributed by atoms with Gasteiger partial charge in [0.15, 0.2) is 17.5 Å². The molecule has 1 heterocycles. The Labute approximate surface area is 159 Å². The number of hydrogen-bond acceptors (Lipinski definition) is 5. The van der Waals surface area contributed by atoms with Gasteiger partial charge >= 0.3 is 0 Å². The van der Waals surface area contributed by atoms with Gasteiger partial charge in [-0.1, -0.05) is 6.07 Å². The molecule has 1 N–H and O–H groups in total. The van der Waals surface area contributed by atoms with Crippen LogP contribution in [0.3, 0.4) is 0 Å². The Balaban J connectivity index is 1.99. The van der Waals surface area contributed by atoms with Gasteiger partial charge in [0.2, 0.25) is 0 Å². The molecule has 0 atom stereocenters. The van der Waals surface area contributed by atoms with Crippen LogP contribution in [0.1, 0.15) is 22.4 Å². The van der Waals surface area contributed by atoms with E-state index in [9.17, 15) is 0 Å². The van der Waals surface area contributed by atoms with Crippen LogP contribution in [0.2, 0.25) is 0 Å². The first-order valence-corrected chi connectivity index (χ1v) is 9.50. The number of guanidine groups is 1. The Morgan fingerprint density at radius 1 is 1.27 bits per heavy atom. The number of nitrogens with one attached hydrogen (secondary N) is 1. The minimum Gasteiger partial charge on any atom is -0.493 e. The number of hydrogen-bond donors (Lipinski definition) is 1. The Bertz CT molecular complexity index is 730. The van der Waals surface area contributed by atoms with Gasteiger partial charge in [0.1, 0.15) is 5.01 Å². The molecule has 0 fully saturated rings.